The third-order valence-electron chi connectivity index (χ3n) is 5.60. The van der Waals surface area contributed by atoms with Gasteiger partial charge in [-0.05, 0) is 53.1 Å². The molecule has 0 saturated heterocycles. The van der Waals surface area contributed by atoms with Gasteiger partial charge in [0.25, 0.3) is 0 Å². The Hall–Kier alpha value is -3.54. The van der Waals surface area contributed by atoms with Gasteiger partial charge in [-0.15, -0.1) is 0 Å². The van der Waals surface area contributed by atoms with Crippen molar-refractivity contribution in [1.82, 2.24) is 29.4 Å². The van der Waals surface area contributed by atoms with Crippen LogP contribution in [0.3, 0.4) is 0 Å². The zero-order valence-corrected chi connectivity index (χ0v) is 18.6. The van der Waals surface area contributed by atoms with Crippen molar-refractivity contribution in [2.75, 3.05) is 42.3 Å². The molecule has 156 valence electrons. The second-order valence-corrected chi connectivity index (χ2v) is 8.00. The van der Waals surface area contributed by atoms with E-state index in [0.29, 0.717) is 0 Å². The van der Waals surface area contributed by atoms with Crippen LogP contribution in [-0.4, -0.2) is 71.7 Å². The van der Waals surface area contributed by atoms with Crippen LogP contribution in [0.1, 0.15) is 16.7 Å². The fraction of sp³-hybridized carbons (Fsp3) is 0.250. The fourth-order valence-electron chi connectivity index (χ4n) is 3.82. The number of rotatable bonds is 3. The quantitative estimate of drug-likeness (QED) is 0.764. The van der Waals surface area contributed by atoms with E-state index in [0.717, 1.165) is 17.5 Å². The fourth-order valence-corrected chi connectivity index (χ4v) is 3.82. The minimum absolute atomic E-state index is 1.15. The van der Waals surface area contributed by atoms with Crippen LogP contribution in [0.4, 0.5) is 0 Å². The molecule has 0 atom stereocenters. The molecular weight excluding hydrogens is 372 g/mol. The molecule has 0 bridgehead atoms. The van der Waals surface area contributed by atoms with Crippen LogP contribution >= 0.6 is 0 Å². The van der Waals surface area contributed by atoms with Crippen molar-refractivity contribution in [3.05, 3.63) is 89.6 Å². The van der Waals surface area contributed by atoms with Gasteiger partial charge in [-0.1, -0.05) is 0 Å². The van der Waals surface area contributed by atoms with Crippen LogP contribution in [0.15, 0.2) is 72.9 Å². The summed E-state index contributed by atoms with van der Waals surface area (Å²) in [6.45, 7) is 0. The average Bonchev–Trinajstić information content (AvgIpc) is 3.31. The summed E-state index contributed by atoms with van der Waals surface area (Å²) in [5.74, 6) is 3.44. The van der Waals surface area contributed by atoms with E-state index >= 15 is 0 Å². The Kier molecular flexibility index (Phi) is 5.08. The van der Waals surface area contributed by atoms with Gasteiger partial charge in [0.2, 0.25) is 0 Å². The predicted molar refractivity (Wildman–Crippen MR) is 124 cm³/mol. The smallest absolute Gasteiger partial charge is 0.112 e. The second kappa shape index (κ2) is 7.71. The average molecular weight is 403 g/mol. The first-order valence-electron chi connectivity index (χ1n) is 10.0. The predicted octanol–water partition coefficient (Wildman–Crippen LogP) is 3.63. The summed E-state index contributed by atoms with van der Waals surface area (Å²) < 4.78 is 0. The van der Waals surface area contributed by atoms with Crippen LogP contribution in [-0.2, 0) is 0 Å². The van der Waals surface area contributed by atoms with E-state index in [-0.39, 0.29) is 0 Å². The van der Waals surface area contributed by atoms with Crippen molar-refractivity contribution in [3.63, 3.8) is 0 Å². The number of hydrogen-bond acceptors (Lipinski definition) is 6. The van der Waals surface area contributed by atoms with Crippen LogP contribution < -0.4 is 0 Å². The summed E-state index contributed by atoms with van der Waals surface area (Å²) in [5, 5.41) is 0. The van der Waals surface area contributed by atoms with Crippen molar-refractivity contribution in [3.8, 4) is 0 Å². The summed E-state index contributed by atoms with van der Waals surface area (Å²) in [5.41, 5.74) is 3.50. The maximum absolute atomic E-state index is 2.24. The first-order valence-corrected chi connectivity index (χ1v) is 10.0. The first kappa shape index (κ1) is 19.8. The molecule has 6 nitrogen and oxygen atoms in total. The monoisotopic (exact) mass is 402 g/mol. The SMILES string of the molecule is CN1C=CN(C)C1=Cc1cc(C=C2N(C)C=CN2C)cc(C=C2N(C)C=CN2C)c1. The van der Waals surface area contributed by atoms with E-state index in [1.165, 1.54) is 16.7 Å². The van der Waals surface area contributed by atoms with Gasteiger partial charge in [-0.25, -0.2) is 0 Å². The van der Waals surface area contributed by atoms with Crippen LogP contribution in [0.5, 0.6) is 0 Å². The summed E-state index contributed by atoms with van der Waals surface area (Å²) in [7, 11) is 12.4. The second-order valence-electron chi connectivity index (χ2n) is 8.00. The standard InChI is InChI=1S/C24H30N6/c1-25-7-8-26(2)22(25)16-19-13-20(17-23-27(3)9-10-28(23)4)15-21(14-19)18-24-29(5)11-12-30(24)6/h7-18H,1-6H3. The van der Waals surface area contributed by atoms with Gasteiger partial charge in [-0.2, -0.15) is 0 Å². The Morgan fingerprint density at radius 2 is 0.600 bits per heavy atom. The molecule has 3 aliphatic heterocycles. The van der Waals surface area contributed by atoms with E-state index in [4.69, 9.17) is 0 Å². The van der Waals surface area contributed by atoms with Crippen molar-refractivity contribution in [2.24, 2.45) is 0 Å². The van der Waals surface area contributed by atoms with E-state index in [2.05, 4.69) is 145 Å². The molecule has 0 spiro atoms. The van der Waals surface area contributed by atoms with Crippen LogP contribution in [0.25, 0.3) is 18.2 Å². The molecule has 0 radical (unpaired) electrons. The van der Waals surface area contributed by atoms with Crippen molar-refractivity contribution in [2.45, 2.75) is 0 Å². The number of nitrogens with zero attached hydrogens (tertiary/aromatic N) is 6. The Morgan fingerprint density at radius 1 is 0.400 bits per heavy atom. The van der Waals surface area contributed by atoms with E-state index in [9.17, 15) is 0 Å². The topological polar surface area (TPSA) is 19.4 Å². The Morgan fingerprint density at radius 3 is 0.800 bits per heavy atom. The molecule has 0 saturated carbocycles. The van der Waals surface area contributed by atoms with Gasteiger partial charge in [0, 0.05) is 79.5 Å². The zero-order chi connectivity index (χ0) is 21.4. The Labute approximate surface area is 179 Å². The highest BCUT2D eigenvalue weighted by Crippen LogP contribution is 2.26. The highest BCUT2D eigenvalue weighted by Gasteiger charge is 2.16. The normalized spacial score (nSPS) is 18.0. The lowest BCUT2D eigenvalue weighted by atomic mass is 10.0. The first-order chi connectivity index (χ1) is 14.3. The molecule has 0 N–H and O–H groups in total. The lowest BCUT2D eigenvalue weighted by Crippen LogP contribution is -2.16. The lowest BCUT2D eigenvalue weighted by molar-refractivity contribution is 0.453. The van der Waals surface area contributed by atoms with Crippen molar-refractivity contribution >= 4 is 18.2 Å². The molecule has 1 aromatic carbocycles. The molecule has 0 amide bonds. The number of hydrogen-bond donors (Lipinski definition) is 0. The summed E-state index contributed by atoms with van der Waals surface area (Å²) in [6, 6.07) is 6.72. The van der Waals surface area contributed by atoms with E-state index < -0.39 is 0 Å². The number of benzene rings is 1. The molecule has 3 heterocycles. The van der Waals surface area contributed by atoms with Gasteiger partial charge in [-0.3, -0.25) is 0 Å². The third kappa shape index (κ3) is 3.81. The Bertz CT molecular complexity index is 830. The van der Waals surface area contributed by atoms with Crippen molar-refractivity contribution < 1.29 is 0 Å². The molecule has 30 heavy (non-hydrogen) atoms. The Balaban J connectivity index is 1.78. The maximum atomic E-state index is 2.24. The summed E-state index contributed by atoms with van der Waals surface area (Å²) in [6.07, 6.45) is 19.1. The van der Waals surface area contributed by atoms with E-state index in [1.54, 1.807) is 0 Å². The molecule has 0 unspecified atom stereocenters. The van der Waals surface area contributed by atoms with Gasteiger partial charge in [0.15, 0.2) is 0 Å². The minimum Gasteiger partial charge on any atom is -0.336 e. The van der Waals surface area contributed by atoms with E-state index in [1.807, 2.05) is 0 Å². The zero-order valence-electron chi connectivity index (χ0n) is 18.6. The highest BCUT2D eigenvalue weighted by atomic mass is 15.3. The maximum Gasteiger partial charge on any atom is 0.112 e. The molecule has 4 rings (SSSR count). The molecule has 0 aliphatic carbocycles. The molecule has 0 fully saturated rings. The molecular formula is C24H30N6. The van der Waals surface area contributed by atoms with Gasteiger partial charge >= 0.3 is 0 Å². The lowest BCUT2D eigenvalue weighted by Gasteiger charge is -2.20. The van der Waals surface area contributed by atoms with Crippen molar-refractivity contribution in [1.29, 1.82) is 0 Å². The highest BCUT2D eigenvalue weighted by molar-refractivity contribution is 5.67. The van der Waals surface area contributed by atoms with Gasteiger partial charge in [0.05, 0.1) is 0 Å². The molecule has 6 heteroatoms. The molecule has 1 aromatic rings. The van der Waals surface area contributed by atoms with Gasteiger partial charge < -0.3 is 29.4 Å². The summed E-state index contributed by atoms with van der Waals surface area (Å²) in [4.78, 5) is 12.8. The van der Waals surface area contributed by atoms with Gasteiger partial charge in [0.1, 0.15) is 17.5 Å². The largest absolute Gasteiger partial charge is 0.336 e. The summed E-state index contributed by atoms with van der Waals surface area (Å²) >= 11 is 0. The van der Waals surface area contributed by atoms with Crippen LogP contribution in [0.2, 0.25) is 0 Å². The molecule has 3 aliphatic rings. The molecule has 0 aromatic heterocycles. The third-order valence-corrected chi connectivity index (χ3v) is 5.60. The minimum atomic E-state index is 1.15. The van der Waals surface area contributed by atoms with Crippen LogP contribution in [0, 0.1) is 0 Å².